The van der Waals surface area contributed by atoms with Crippen LogP contribution in [0.3, 0.4) is 0 Å². The highest BCUT2D eigenvalue weighted by Crippen LogP contribution is 2.23. The van der Waals surface area contributed by atoms with Gasteiger partial charge in [-0.25, -0.2) is 0 Å². The highest BCUT2D eigenvalue weighted by Gasteiger charge is 2.17. The summed E-state index contributed by atoms with van der Waals surface area (Å²) in [6.07, 6.45) is 5.72. The highest BCUT2D eigenvalue weighted by atomic mass is 16.2. The number of piperidine rings is 1. The Morgan fingerprint density at radius 1 is 1.04 bits per heavy atom. The SMILES string of the molecule is CC(=O)Nc1ccc(NC(=O)c2cncc(N3CCC(C)CC3)c2)cc1. The Labute approximate surface area is 153 Å². The van der Waals surface area contributed by atoms with Crippen LogP contribution in [0.4, 0.5) is 17.1 Å². The van der Waals surface area contributed by atoms with E-state index in [1.807, 2.05) is 12.3 Å². The molecule has 1 aromatic carbocycles. The van der Waals surface area contributed by atoms with E-state index < -0.39 is 0 Å². The first-order chi connectivity index (χ1) is 12.5. The number of hydrogen-bond donors (Lipinski definition) is 2. The fraction of sp³-hybridized carbons (Fsp3) is 0.350. The summed E-state index contributed by atoms with van der Waals surface area (Å²) in [7, 11) is 0. The van der Waals surface area contributed by atoms with Crippen molar-refractivity contribution in [3.8, 4) is 0 Å². The highest BCUT2D eigenvalue weighted by molar-refractivity contribution is 6.04. The standard InChI is InChI=1S/C20H24N4O2/c1-14-7-9-24(10-8-14)19-11-16(12-21-13-19)20(26)23-18-5-3-17(4-6-18)22-15(2)25/h3-6,11-14H,7-10H2,1-2H3,(H,22,25)(H,23,26). The molecule has 2 amide bonds. The third-order valence-electron chi connectivity index (χ3n) is 4.60. The van der Waals surface area contributed by atoms with Crippen molar-refractivity contribution in [3.05, 3.63) is 48.3 Å². The van der Waals surface area contributed by atoms with Crippen LogP contribution in [-0.4, -0.2) is 29.9 Å². The molecule has 6 heteroatoms. The molecule has 1 saturated heterocycles. The predicted molar refractivity (Wildman–Crippen MR) is 104 cm³/mol. The number of carbonyl (C=O) groups excluding carboxylic acids is 2. The van der Waals surface area contributed by atoms with Gasteiger partial charge in [0, 0.05) is 37.6 Å². The van der Waals surface area contributed by atoms with Gasteiger partial charge in [-0.05, 0) is 49.1 Å². The topological polar surface area (TPSA) is 74.3 Å². The number of aromatic nitrogens is 1. The van der Waals surface area contributed by atoms with Gasteiger partial charge in [-0.3, -0.25) is 14.6 Å². The zero-order valence-electron chi connectivity index (χ0n) is 15.2. The molecule has 26 heavy (non-hydrogen) atoms. The third-order valence-corrected chi connectivity index (χ3v) is 4.60. The minimum Gasteiger partial charge on any atom is -0.370 e. The van der Waals surface area contributed by atoms with Crippen molar-refractivity contribution in [3.63, 3.8) is 0 Å². The first-order valence-electron chi connectivity index (χ1n) is 8.90. The number of anilines is 3. The Kier molecular flexibility index (Phi) is 5.51. The van der Waals surface area contributed by atoms with Gasteiger partial charge in [-0.15, -0.1) is 0 Å². The van der Waals surface area contributed by atoms with Gasteiger partial charge < -0.3 is 15.5 Å². The minimum atomic E-state index is -0.197. The molecular formula is C20H24N4O2. The number of benzene rings is 1. The summed E-state index contributed by atoms with van der Waals surface area (Å²) in [5.74, 6) is 0.430. The summed E-state index contributed by atoms with van der Waals surface area (Å²) in [5.41, 5.74) is 2.89. The number of carbonyl (C=O) groups is 2. The molecule has 0 atom stereocenters. The van der Waals surface area contributed by atoms with E-state index in [1.54, 1.807) is 30.5 Å². The normalized spacial score (nSPS) is 14.8. The van der Waals surface area contributed by atoms with Crippen LogP contribution in [0, 0.1) is 5.92 Å². The number of hydrogen-bond acceptors (Lipinski definition) is 4. The Hall–Kier alpha value is -2.89. The Bertz CT molecular complexity index is 781. The molecule has 2 heterocycles. The summed E-state index contributed by atoms with van der Waals surface area (Å²) >= 11 is 0. The second kappa shape index (κ2) is 7.99. The van der Waals surface area contributed by atoms with Crippen LogP contribution in [0.25, 0.3) is 0 Å². The molecule has 0 bridgehead atoms. The molecule has 0 saturated carbocycles. The van der Waals surface area contributed by atoms with Crippen molar-refractivity contribution in [2.75, 3.05) is 28.6 Å². The molecule has 0 radical (unpaired) electrons. The van der Waals surface area contributed by atoms with Crippen molar-refractivity contribution in [2.45, 2.75) is 26.7 Å². The molecule has 2 N–H and O–H groups in total. The van der Waals surface area contributed by atoms with Crippen molar-refractivity contribution in [1.82, 2.24) is 4.98 Å². The maximum absolute atomic E-state index is 12.5. The molecule has 0 unspecified atom stereocenters. The Balaban J connectivity index is 1.66. The summed E-state index contributed by atoms with van der Waals surface area (Å²) in [4.78, 5) is 30.1. The van der Waals surface area contributed by atoms with Gasteiger partial charge in [0.05, 0.1) is 17.4 Å². The molecule has 1 aliphatic heterocycles. The van der Waals surface area contributed by atoms with Gasteiger partial charge in [0.1, 0.15) is 0 Å². The van der Waals surface area contributed by atoms with E-state index in [-0.39, 0.29) is 11.8 Å². The zero-order chi connectivity index (χ0) is 18.5. The average Bonchev–Trinajstić information content (AvgIpc) is 2.63. The van der Waals surface area contributed by atoms with Crippen molar-refractivity contribution in [2.24, 2.45) is 5.92 Å². The molecule has 6 nitrogen and oxygen atoms in total. The van der Waals surface area contributed by atoms with Gasteiger partial charge in [0.15, 0.2) is 0 Å². The molecule has 3 rings (SSSR count). The van der Waals surface area contributed by atoms with E-state index in [0.717, 1.165) is 37.5 Å². The van der Waals surface area contributed by atoms with Crippen LogP contribution in [0.15, 0.2) is 42.7 Å². The molecule has 1 aliphatic rings. The van der Waals surface area contributed by atoms with E-state index in [2.05, 4.69) is 27.4 Å². The average molecular weight is 352 g/mol. The second-order valence-electron chi connectivity index (χ2n) is 6.81. The summed E-state index contributed by atoms with van der Waals surface area (Å²) in [5, 5.41) is 5.56. The Morgan fingerprint density at radius 3 is 2.27 bits per heavy atom. The maximum Gasteiger partial charge on any atom is 0.257 e. The minimum absolute atomic E-state index is 0.128. The number of nitrogens with zero attached hydrogens (tertiary/aromatic N) is 2. The largest absolute Gasteiger partial charge is 0.370 e. The fourth-order valence-corrected chi connectivity index (χ4v) is 3.04. The van der Waals surface area contributed by atoms with Gasteiger partial charge in [-0.1, -0.05) is 6.92 Å². The smallest absolute Gasteiger partial charge is 0.257 e. The van der Waals surface area contributed by atoms with E-state index in [9.17, 15) is 9.59 Å². The van der Waals surface area contributed by atoms with Gasteiger partial charge in [0.25, 0.3) is 5.91 Å². The number of nitrogens with one attached hydrogen (secondary N) is 2. The predicted octanol–water partition coefficient (Wildman–Crippen LogP) is 3.53. The van der Waals surface area contributed by atoms with Crippen molar-refractivity contribution >= 4 is 28.9 Å². The van der Waals surface area contributed by atoms with Gasteiger partial charge >= 0.3 is 0 Å². The summed E-state index contributed by atoms with van der Waals surface area (Å²) in [6, 6.07) is 8.91. The summed E-state index contributed by atoms with van der Waals surface area (Å²) < 4.78 is 0. The van der Waals surface area contributed by atoms with Crippen LogP contribution in [0.2, 0.25) is 0 Å². The number of amides is 2. The van der Waals surface area contributed by atoms with Crippen LogP contribution < -0.4 is 15.5 Å². The van der Waals surface area contributed by atoms with E-state index in [4.69, 9.17) is 0 Å². The van der Waals surface area contributed by atoms with Crippen LogP contribution in [-0.2, 0) is 4.79 Å². The van der Waals surface area contributed by atoms with E-state index >= 15 is 0 Å². The lowest BCUT2D eigenvalue weighted by Gasteiger charge is -2.32. The summed E-state index contributed by atoms with van der Waals surface area (Å²) in [6.45, 7) is 5.73. The quantitative estimate of drug-likeness (QED) is 0.883. The maximum atomic E-state index is 12.5. The van der Waals surface area contributed by atoms with Crippen LogP contribution in [0.1, 0.15) is 37.0 Å². The lowest BCUT2D eigenvalue weighted by molar-refractivity contribution is -0.114. The van der Waals surface area contributed by atoms with Crippen molar-refractivity contribution < 1.29 is 9.59 Å². The molecule has 0 aliphatic carbocycles. The molecule has 136 valence electrons. The van der Waals surface area contributed by atoms with Gasteiger partial charge in [-0.2, -0.15) is 0 Å². The van der Waals surface area contributed by atoms with Crippen LogP contribution in [0.5, 0.6) is 0 Å². The second-order valence-corrected chi connectivity index (χ2v) is 6.81. The first-order valence-corrected chi connectivity index (χ1v) is 8.90. The number of rotatable bonds is 4. The molecule has 2 aromatic rings. The van der Waals surface area contributed by atoms with Crippen LogP contribution >= 0.6 is 0 Å². The molecule has 0 spiro atoms. The first kappa shape index (κ1) is 17.9. The van der Waals surface area contributed by atoms with Crippen molar-refractivity contribution in [1.29, 1.82) is 0 Å². The van der Waals surface area contributed by atoms with E-state index in [1.165, 1.54) is 6.92 Å². The zero-order valence-corrected chi connectivity index (χ0v) is 15.2. The lowest BCUT2D eigenvalue weighted by Crippen LogP contribution is -2.33. The van der Waals surface area contributed by atoms with E-state index in [0.29, 0.717) is 16.9 Å². The van der Waals surface area contributed by atoms with Gasteiger partial charge in [0.2, 0.25) is 5.91 Å². The fourth-order valence-electron chi connectivity index (χ4n) is 3.04. The monoisotopic (exact) mass is 352 g/mol. The molecule has 1 aromatic heterocycles. The molecule has 1 fully saturated rings. The Morgan fingerprint density at radius 2 is 1.65 bits per heavy atom. The third kappa shape index (κ3) is 4.59. The lowest BCUT2D eigenvalue weighted by atomic mass is 9.99. The number of pyridine rings is 1. The molecular weight excluding hydrogens is 328 g/mol.